The number of amides is 2. The quantitative estimate of drug-likeness (QED) is 0.896. The molecule has 1 atom stereocenters. The zero-order chi connectivity index (χ0) is 14.5. The van der Waals surface area contributed by atoms with Gasteiger partial charge in [-0.05, 0) is 34.5 Å². The van der Waals surface area contributed by atoms with Crippen LogP contribution in [0.25, 0.3) is 0 Å². The first kappa shape index (κ1) is 15.1. The molecule has 2 heterocycles. The summed E-state index contributed by atoms with van der Waals surface area (Å²) >= 11 is 3.12. The van der Waals surface area contributed by atoms with E-state index in [4.69, 9.17) is 9.15 Å². The van der Waals surface area contributed by atoms with Gasteiger partial charge in [0.25, 0.3) is 5.91 Å². The normalized spacial score (nSPS) is 18.9. The minimum Gasteiger partial charge on any atom is -0.444 e. The molecule has 0 radical (unpaired) electrons. The maximum Gasteiger partial charge on any atom is 0.287 e. The Labute approximate surface area is 125 Å². The zero-order valence-electron chi connectivity index (χ0n) is 11.2. The number of morpholine rings is 1. The van der Waals surface area contributed by atoms with Crippen LogP contribution in [0.1, 0.15) is 23.9 Å². The average Bonchev–Trinajstić information content (AvgIpc) is 2.91. The summed E-state index contributed by atoms with van der Waals surface area (Å²) in [5, 5.41) is 2.56. The fourth-order valence-electron chi connectivity index (χ4n) is 1.98. The van der Waals surface area contributed by atoms with Gasteiger partial charge in [-0.15, -0.1) is 0 Å². The molecule has 0 aromatic carbocycles. The first-order chi connectivity index (χ1) is 9.60. The number of halogens is 1. The molecular formula is C13H17BrN2O4. The maximum atomic E-state index is 12.0. The third-order valence-electron chi connectivity index (χ3n) is 3.14. The summed E-state index contributed by atoms with van der Waals surface area (Å²) in [6.45, 7) is 3.68. The Kier molecular flexibility index (Phi) is 5.19. The lowest BCUT2D eigenvalue weighted by atomic mass is 10.2. The molecule has 7 heteroatoms. The van der Waals surface area contributed by atoms with Crippen molar-refractivity contribution in [2.75, 3.05) is 26.2 Å². The average molecular weight is 345 g/mol. The predicted octanol–water partition coefficient (Wildman–Crippen LogP) is 1.41. The number of nitrogens with one attached hydrogen (secondary N) is 1. The Morgan fingerprint density at radius 3 is 2.95 bits per heavy atom. The van der Waals surface area contributed by atoms with Crippen molar-refractivity contribution < 1.29 is 18.7 Å². The molecule has 20 heavy (non-hydrogen) atoms. The number of carbonyl (C=O) groups is 2. The number of furan rings is 1. The van der Waals surface area contributed by atoms with Crippen LogP contribution in [0.2, 0.25) is 0 Å². The van der Waals surface area contributed by atoms with E-state index < -0.39 is 5.91 Å². The molecule has 1 aromatic heterocycles. The van der Waals surface area contributed by atoms with E-state index in [0.29, 0.717) is 24.4 Å². The first-order valence-corrected chi connectivity index (χ1v) is 7.32. The molecule has 1 aliphatic rings. The van der Waals surface area contributed by atoms with E-state index in [1.807, 2.05) is 6.92 Å². The van der Waals surface area contributed by atoms with Crippen molar-refractivity contribution in [3.05, 3.63) is 22.6 Å². The van der Waals surface area contributed by atoms with Gasteiger partial charge < -0.3 is 19.4 Å². The van der Waals surface area contributed by atoms with Crippen LogP contribution >= 0.6 is 15.9 Å². The highest BCUT2D eigenvalue weighted by Gasteiger charge is 2.23. The number of hydrogen-bond acceptors (Lipinski definition) is 4. The Morgan fingerprint density at radius 1 is 1.50 bits per heavy atom. The summed E-state index contributed by atoms with van der Waals surface area (Å²) in [5.41, 5.74) is 0. The van der Waals surface area contributed by atoms with Gasteiger partial charge in [-0.3, -0.25) is 9.59 Å². The lowest BCUT2D eigenvalue weighted by Gasteiger charge is -2.32. The molecule has 0 aliphatic carbocycles. The maximum absolute atomic E-state index is 12.0. The van der Waals surface area contributed by atoms with Crippen molar-refractivity contribution in [2.45, 2.75) is 19.4 Å². The standard InChI is InChI=1S/C13H17BrN2O4/c1-2-9-8-16(5-6-19-9)12(17)7-15-13(18)10-3-4-11(14)20-10/h3-4,9H,2,5-8H2,1H3,(H,15,18)/t9-/m1/s1. The van der Waals surface area contributed by atoms with E-state index in [-0.39, 0.29) is 24.3 Å². The van der Waals surface area contributed by atoms with Gasteiger partial charge >= 0.3 is 0 Å². The second-order valence-electron chi connectivity index (χ2n) is 4.53. The van der Waals surface area contributed by atoms with Crippen molar-refractivity contribution in [3.63, 3.8) is 0 Å². The van der Waals surface area contributed by atoms with Crippen LogP contribution in [-0.4, -0.2) is 49.1 Å². The van der Waals surface area contributed by atoms with Gasteiger partial charge in [0.1, 0.15) is 0 Å². The number of rotatable bonds is 4. The van der Waals surface area contributed by atoms with E-state index in [9.17, 15) is 9.59 Å². The molecule has 1 saturated heterocycles. The highest BCUT2D eigenvalue weighted by Crippen LogP contribution is 2.13. The molecule has 1 aliphatic heterocycles. The molecule has 110 valence electrons. The van der Waals surface area contributed by atoms with Gasteiger partial charge in [0, 0.05) is 13.1 Å². The van der Waals surface area contributed by atoms with Crippen LogP contribution in [0.15, 0.2) is 21.2 Å². The molecule has 1 N–H and O–H groups in total. The molecule has 2 rings (SSSR count). The molecule has 2 amide bonds. The Morgan fingerprint density at radius 2 is 2.30 bits per heavy atom. The van der Waals surface area contributed by atoms with Crippen LogP contribution in [-0.2, 0) is 9.53 Å². The Balaban J connectivity index is 1.81. The molecule has 0 spiro atoms. The highest BCUT2D eigenvalue weighted by atomic mass is 79.9. The van der Waals surface area contributed by atoms with Gasteiger partial charge in [0.05, 0.1) is 19.3 Å². The molecule has 0 unspecified atom stereocenters. The molecule has 0 bridgehead atoms. The van der Waals surface area contributed by atoms with Crippen molar-refractivity contribution in [1.29, 1.82) is 0 Å². The third kappa shape index (κ3) is 3.83. The van der Waals surface area contributed by atoms with E-state index in [0.717, 1.165) is 6.42 Å². The molecule has 0 saturated carbocycles. The van der Waals surface area contributed by atoms with Crippen LogP contribution in [0.5, 0.6) is 0 Å². The second kappa shape index (κ2) is 6.90. The van der Waals surface area contributed by atoms with E-state index in [1.165, 1.54) is 0 Å². The highest BCUT2D eigenvalue weighted by molar-refractivity contribution is 9.10. The summed E-state index contributed by atoms with van der Waals surface area (Å²) < 4.78 is 11.1. The summed E-state index contributed by atoms with van der Waals surface area (Å²) in [6, 6.07) is 3.18. The molecule has 6 nitrogen and oxygen atoms in total. The van der Waals surface area contributed by atoms with Crippen LogP contribution in [0.4, 0.5) is 0 Å². The number of nitrogens with zero attached hydrogens (tertiary/aromatic N) is 1. The summed E-state index contributed by atoms with van der Waals surface area (Å²) in [6.07, 6.45) is 0.959. The van der Waals surface area contributed by atoms with Gasteiger partial charge in [0.15, 0.2) is 10.4 Å². The fraction of sp³-hybridized carbons (Fsp3) is 0.538. The van der Waals surface area contributed by atoms with Gasteiger partial charge in [-0.1, -0.05) is 6.92 Å². The third-order valence-corrected chi connectivity index (χ3v) is 3.57. The van der Waals surface area contributed by atoms with Crippen molar-refractivity contribution in [1.82, 2.24) is 10.2 Å². The Hall–Kier alpha value is -1.34. The van der Waals surface area contributed by atoms with Crippen molar-refractivity contribution >= 4 is 27.7 Å². The molecule has 1 fully saturated rings. The van der Waals surface area contributed by atoms with Gasteiger partial charge in [0.2, 0.25) is 5.91 Å². The lowest BCUT2D eigenvalue weighted by molar-refractivity contribution is -0.137. The summed E-state index contributed by atoms with van der Waals surface area (Å²) in [4.78, 5) is 25.5. The van der Waals surface area contributed by atoms with E-state index in [1.54, 1.807) is 17.0 Å². The first-order valence-electron chi connectivity index (χ1n) is 6.53. The summed E-state index contributed by atoms with van der Waals surface area (Å²) in [5.74, 6) is -0.326. The minimum absolute atomic E-state index is 0.0341. The molecular weight excluding hydrogens is 328 g/mol. The second-order valence-corrected chi connectivity index (χ2v) is 5.31. The largest absolute Gasteiger partial charge is 0.444 e. The number of hydrogen-bond donors (Lipinski definition) is 1. The van der Waals surface area contributed by atoms with E-state index in [2.05, 4.69) is 21.2 Å². The fourth-order valence-corrected chi connectivity index (χ4v) is 2.29. The van der Waals surface area contributed by atoms with E-state index >= 15 is 0 Å². The number of carbonyl (C=O) groups excluding carboxylic acids is 2. The SMILES string of the molecule is CC[C@@H]1CN(C(=O)CNC(=O)c2ccc(Br)o2)CCO1. The topological polar surface area (TPSA) is 71.8 Å². The van der Waals surface area contributed by atoms with Gasteiger partial charge in [-0.2, -0.15) is 0 Å². The summed E-state index contributed by atoms with van der Waals surface area (Å²) in [7, 11) is 0. The van der Waals surface area contributed by atoms with Crippen LogP contribution in [0, 0.1) is 0 Å². The predicted molar refractivity (Wildman–Crippen MR) is 75.4 cm³/mol. The van der Waals surface area contributed by atoms with Crippen molar-refractivity contribution in [3.8, 4) is 0 Å². The lowest BCUT2D eigenvalue weighted by Crippen LogP contribution is -2.48. The van der Waals surface area contributed by atoms with Crippen LogP contribution in [0.3, 0.4) is 0 Å². The number of ether oxygens (including phenoxy) is 1. The monoisotopic (exact) mass is 344 g/mol. The smallest absolute Gasteiger partial charge is 0.287 e. The zero-order valence-corrected chi connectivity index (χ0v) is 12.8. The van der Waals surface area contributed by atoms with Gasteiger partial charge in [-0.25, -0.2) is 0 Å². The molecule has 1 aromatic rings. The Bertz CT molecular complexity index is 488. The minimum atomic E-state index is -0.399. The van der Waals surface area contributed by atoms with Crippen molar-refractivity contribution in [2.24, 2.45) is 0 Å². The van der Waals surface area contributed by atoms with Crippen LogP contribution < -0.4 is 5.32 Å².